The van der Waals surface area contributed by atoms with Crippen LogP contribution in [0.25, 0.3) is 0 Å². The van der Waals surface area contributed by atoms with Crippen molar-refractivity contribution in [2.75, 3.05) is 13.2 Å². The van der Waals surface area contributed by atoms with Gasteiger partial charge in [-0.05, 0) is 54.2 Å². The Morgan fingerprint density at radius 1 is 0.971 bits per heavy atom. The number of aromatic nitrogens is 1. The molecule has 1 heterocycles. The lowest BCUT2D eigenvalue weighted by molar-refractivity contribution is -0.123. The summed E-state index contributed by atoms with van der Waals surface area (Å²) in [5.74, 6) is 1.17. The highest BCUT2D eigenvalue weighted by atomic mass is 16.5. The average Bonchev–Trinajstić information content (AvgIpc) is 2.88. The van der Waals surface area contributed by atoms with Crippen molar-refractivity contribution >= 4 is 5.91 Å². The predicted octanol–water partition coefficient (Wildman–Crippen LogP) is 5.65. The maximum absolute atomic E-state index is 13.1. The van der Waals surface area contributed by atoms with Crippen molar-refractivity contribution < 1.29 is 9.53 Å². The summed E-state index contributed by atoms with van der Waals surface area (Å²) in [7, 11) is 0. The Labute approximate surface area is 204 Å². The van der Waals surface area contributed by atoms with E-state index < -0.39 is 0 Å². The Kier molecular flexibility index (Phi) is 10.1. The van der Waals surface area contributed by atoms with Gasteiger partial charge in [0.2, 0.25) is 5.91 Å². The molecule has 2 aromatic carbocycles. The van der Waals surface area contributed by atoms with Gasteiger partial charge in [-0.3, -0.25) is 9.78 Å². The summed E-state index contributed by atoms with van der Waals surface area (Å²) in [6, 6.07) is 21.8. The molecular weight excluding hydrogens is 422 g/mol. The third-order valence-corrected chi connectivity index (χ3v) is 6.01. The van der Waals surface area contributed by atoms with Crippen molar-refractivity contribution in [2.45, 2.75) is 52.1 Å². The SMILES string of the molecule is CCCC(C)COc1ccc([C@H](CNCc2cccnc2)NC(=O)C(C)c2ccccc2)cc1. The second-order valence-corrected chi connectivity index (χ2v) is 8.96. The van der Waals surface area contributed by atoms with Gasteiger partial charge >= 0.3 is 0 Å². The fourth-order valence-corrected chi connectivity index (χ4v) is 3.92. The van der Waals surface area contributed by atoms with Crippen LogP contribution in [-0.2, 0) is 11.3 Å². The van der Waals surface area contributed by atoms with Crippen molar-refractivity contribution in [3.05, 3.63) is 95.8 Å². The number of carbonyl (C=O) groups is 1. The van der Waals surface area contributed by atoms with E-state index in [-0.39, 0.29) is 17.9 Å². The smallest absolute Gasteiger partial charge is 0.227 e. The van der Waals surface area contributed by atoms with Gasteiger partial charge in [-0.1, -0.05) is 68.8 Å². The molecule has 0 saturated carbocycles. The van der Waals surface area contributed by atoms with Gasteiger partial charge < -0.3 is 15.4 Å². The normalized spacial score (nSPS) is 13.6. The van der Waals surface area contributed by atoms with Crippen LogP contribution in [0.15, 0.2) is 79.1 Å². The van der Waals surface area contributed by atoms with Crippen molar-refractivity contribution in [1.82, 2.24) is 15.6 Å². The predicted molar refractivity (Wildman–Crippen MR) is 138 cm³/mol. The molecule has 1 aromatic heterocycles. The Bertz CT molecular complexity index is 977. The quantitative estimate of drug-likeness (QED) is 0.347. The minimum absolute atomic E-state index is 0.00750. The van der Waals surface area contributed by atoms with Crippen LogP contribution in [0.3, 0.4) is 0 Å². The summed E-state index contributed by atoms with van der Waals surface area (Å²) in [5, 5.41) is 6.71. The second kappa shape index (κ2) is 13.5. The molecule has 0 aliphatic carbocycles. The molecule has 5 nitrogen and oxygen atoms in total. The van der Waals surface area contributed by atoms with Crippen LogP contribution in [0.1, 0.15) is 62.3 Å². The van der Waals surface area contributed by atoms with Crippen molar-refractivity contribution in [3.8, 4) is 5.75 Å². The lowest BCUT2D eigenvalue weighted by Gasteiger charge is -2.23. The van der Waals surface area contributed by atoms with Crippen molar-refractivity contribution in [2.24, 2.45) is 5.92 Å². The zero-order valence-electron chi connectivity index (χ0n) is 20.5. The second-order valence-electron chi connectivity index (χ2n) is 8.96. The minimum atomic E-state index is -0.232. The molecule has 3 atom stereocenters. The van der Waals surface area contributed by atoms with E-state index in [0.717, 1.165) is 35.3 Å². The number of nitrogens with one attached hydrogen (secondary N) is 2. The number of amides is 1. The van der Waals surface area contributed by atoms with Crippen LogP contribution in [0.4, 0.5) is 0 Å². The maximum atomic E-state index is 13.1. The molecule has 3 rings (SSSR count). The fraction of sp³-hybridized carbons (Fsp3) is 0.379. The first kappa shape index (κ1) is 25.4. The van der Waals surface area contributed by atoms with Crippen molar-refractivity contribution in [3.63, 3.8) is 0 Å². The molecule has 2 N–H and O–H groups in total. The molecule has 0 bridgehead atoms. The van der Waals surface area contributed by atoms with Gasteiger partial charge in [0.25, 0.3) is 0 Å². The van der Waals surface area contributed by atoms with Crippen LogP contribution in [0.5, 0.6) is 5.75 Å². The van der Waals surface area contributed by atoms with Gasteiger partial charge in [-0.15, -0.1) is 0 Å². The molecule has 3 aromatic rings. The molecule has 2 unspecified atom stereocenters. The van der Waals surface area contributed by atoms with Crippen LogP contribution in [0.2, 0.25) is 0 Å². The van der Waals surface area contributed by atoms with E-state index in [4.69, 9.17) is 4.74 Å². The maximum Gasteiger partial charge on any atom is 0.227 e. The molecular formula is C29H37N3O2. The van der Waals surface area contributed by atoms with E-state index >= 15 is 0 Å². The third kappa shape index (κ3) is 7.99. The largest absolute Gasteiger partial charge is 0.493 e. The number of ether oxygens (including phenoxy) is 1. The molecule has 0 aliphatic heterocycles. The zero-order chi connectivity index (χ0) is 24.2. The monoisotopic (exact) mass is 459 g/mol. The molecule has 0 fully saturated rings. The molecule has 34 heavy (non-hydrogen) atoms. The molecule has 180 valence electrons. The van der Waals surface area contributed by atoms with Gasteiger partial charge in [0.1, 0.15) is 5.75 Å². The minimum Gasteiger partial charge on any atom is -0.493 e. The van der Waals surface area contributed by atoms with Crippen LogP contribution >= 0.6 is 0 Å². The number of nitrogens with zero attached hydrogens (tertiary/aromatic N) is 1. The summed E-state index contributed by atoms with van der Waals surface area (Å²) in [5.41, 5.74) is 3.16. The van der Waals surface area contributed by atoms with Crippen LogP contribution in [-0.4, -0.2) is 24.0 Å². The molecule has 0 radical (unpaired) electrons. The lowest BCUT2D eigenvalue weighted by atomic mass is 9.99. The highest BCUT2D eigenvalue weighted by Crippen LogP contribution is 2.21. The van der Waals surface area contributed by atoms with Gasteiger partial charge in [-0.2, -0.15) is 0 Å². The first-order valence-electron chi connectivity index (χ1n) is 12.2. The molecule has 0 spiro atoms. The Hall–Kier alpha value is -3.18. The van der Waals surface area contributed by atoms with E-state index in [2.05, 4.69) is 29.5 Å². The van der Waals surface area contributed by atoms with Gasteiger partial charge in [0.05, 0.1) is 18.6 Å². The number of hydrogen-bond acceptors (Lipinski definition) is 4. The molecule has 0 saturated heterocycles. The van der Waals surface area contributed by atoms with Crippen LogP contribution in [0, 0.1) is 5.92 Å². The van der Waals surface area contributed by atoms with E-state index in [1.165, 1.54) is 0 Å². The topological polar surface area (TPSA) is 63.2 Å². The number of hydrogen-bond donors (Lipinski definition) is 2. The summed E-state index contributed by atoms with van der Waals surface area (Å²) >= 11 is 0. The fourth-order valence-electron chi connectivity index (χ4n) is 3.92. The Balaban J connectivity index is 1.66. The number of rotatable bonds is 13. The summed E-state index contributed by atoms with van der Waals surface area (Å²) in [6.07, 6.45) is 5.94. The van der Waals surface area contributed by atoms with E-state index in [1.54, 1.807) is 6.20 Å². The van der Waals surface area contributed by atoms with E-state index in [1.807, 2.05) is 79.9 Å². The van der Waals surface area contributed by atoms with Gasteiger partial charge in [-0.25, -0.2) is 0 Å². The van der Waals surface area contributed by atoms with Crippen LogP contribution < -0.4 is 15.4 Å². The van der Waals surface area contributed by atoms with Gasteiger partial charge in [0.15, 0.2) is 0 Å². The number of pyridine rings is 1. The molecule has 0 aliphatic rings. The summed E-state index contributed by atoms with van der Waals surface area (Å²) in [4.78, 5) is 17.3. The molecule has 1 amide bonds. The van der Waals surface area contributed by atoms with Crippen molar-refractivity contribution in [1.29, 1.82) is 0 Å². The first-order chi connectivity index (χ1) is 16.6. The third-order valence-electron chi connectivity index (χ3n) is 6.01. The number of carbonyl (C=O) groups excluding carboxylic acids is 1. The number of benzene rings is 2. The first-order valence-corrected chi connectivity index (χ1v) is 12.2. The lowest BCUT2D eigenvalue weighted by Crippen LogP contribution is -2.37. The Morgan fingerprint density at radius 2 is 1.74 bits per heavy atom. The average molecular weight is 460 g/mol. The highest BCUT2D eigenvalue weighted by molar-refractivity contribution is 5.83. The summed E-state index contributed by atoms with van der Waals surface area (Å²) < 4.78 is 5.96. The molecule has 5 heteroatoms. The standard InChI is InChI=1S/C29H37N3O2/c1-4-9-22(2)21-34-27-15-13-26(14-16-27)28(20-31-19-24-10-8-17-30-18-24)32-29(33)23(3)25-11-6-5-7-12-25/h5-8,10-18,22-23,28,31H,4,9,19-21H2,1-3H3,(H,32,33)/t22?,23?,28-/m0/s1. The summed E-state index contributed by atoms with van der Waals surface area (Å²) in [6.45, 7) is 8.36. The van der Waals surface area contributed by atoms with Gasteiger partial charge in [0, 0.05) is 25.5 Å². The highest BCUT2D eigenvalue weighted by Gasteiger charge is 2.20. The van der Waals surface area contributed by atoms with E-state index in [0.29, 0.717) is 25.6 Å². The van der Waals surface area contributed by atoms with E-state index in [9.17, 15) is 4.79 Å². The zero-order valence-corrected chi connectivity index (χ0v) is 20.5. The Morgan fingerprint density at radius 3 is 2.41 bits per heavy atom.